The molecule has 0 saturated carbocycles. The molecule has 17 heavy (non-hydrogen) atoms. The molecule has 1 atom stereocenters. The molecule has 0 rings (SSSR count). The van der Waals surface area contributed by atoms with Crippen molar-refractivity contribution in [3.05, 3.63) is 0 Å². The number of hydrogen-bond acceptors (Lipinski definition) is 5. The van der Waals surface area contributed by atoms with E-state index in [0.717, 1.165) is 0 Å². The van der Waals surface area contributed by atoms with Crippen LogP contribution in [-0.4, -0.2) is 51.2 Å². The monoisotopic (exact) mass is 359 g/mol. The maximum absolute atomic E-state index is 9.85. The van der Waals surface area contributed by atoms with Crippen LogP contribution in [-0.2, 0) is 54.1 Å². The standard InChI is InChI=1S/C4H7NO4.2Mn.H2O4S.H2O/c5-2(4(8)9)1-3(6)7;;;1-5(2,3)4;/h2H,1,5H2,(H,6,7)(H,8,9);;;(H2,1,2,3,4);1H2/t2-;;;;/m0..../s1. The minimum absolute atomic E-state index is 0. The molecule has 8 N–H and O–H groups in total. The quantitative estimate of drug-likeness (QED) is 0.264. The van der Waals surface area contributed by atoms with Gasteiger partial charge in [-0.05, 0) is 0 Å². The first-order valence-corrected chi connectivity index (χ1v) is 4.33. The molecule has 0 bridgehead atoms. The zero-order valence-corrected chi connectivity index (χ0v) is 11.1. The molecule has 106 valence electrons. The summed E-state index contributed by atoms with van der Waals surface area (Å²) in [5, 5.41) is 16.0. The van der Waals surface area contributed by atoms with Crippen molar-refractivity contribution >= 4 is 22.3 Å². The van der Waals surface area contributed by atoms with Crippen molar-refractivity contribution in [3.63, 3.8) is 0 Å². The second-order valence-corrected chi connectivity index (χ2v) is 2.89. The minimum atomic E-state index is -4.67. The van der Waals surface area contributed by atoms with Gasteiger partial charge in [-0.15, -0.1) is 0 Å². The van der Waals surface area contributed by atoms with E-state index in [4.69, 9.17) is 33.5 Å². The predicted molar refractivity (Wildman–Crippen MR) is 45.7 cm³/mol. The van der Waals surface area contributed by atoms with Crippen LogP contribution in [0.15, 0.2) is 0 Å². The van der Waals surface area contributed by atoms with Crippen LogP contribution in [0.4, 0.5) is 0 Å². The summed E-state index contributed by atoms with van der Waals surface area (Å²) in [7, 11) is -4.67. The van der Waals surface area contributed by atoms with E-state index in [-0.39, 0.29) is 39.6 Å². The van der Waals surface area contributed by atoms with Gasteiger partial charge < -0.3 is 21.4 Å². The Morgan fingerprint density at radius 3 is 1.41 bits per heavy atom. The van der Waals surface area contributed by atoms with Crippen LogP contribution in [0, 0.1) is 0 Å². The molecule has 0 aromatic rings. The fourth-order valence-corrected chi connectivity index (χ4v) is 0.275. The van der Waals surface area contributed by atoms with E-state index in [9.17, 15) is 9.59 Å². The number of hydrogen-bond donors (Lipinski definition) is 5. The molecule has 0 aromatic heterocycles. The summed E-state index contributed by atoms with van der Waals surface area (Å²) in [6.45, 7) is 0. The van der Waals surface area contributed by atoms with E-state index in [2.05, 4.69) is 0 Å². The number of carboxylic acid groups (broad SMARTS) is 2. The molecule has 0 aromatic carbocycles. The van der Waals surface area contributed by atoms with Crippen molar-refractivity contribution < 1.29 is 76.9 Å². The Bertz CT molecular complexity index is 296. The first-order valence-electron chi connectivity index (χ1n) is 2.94. The first-order chi connectivity index (χ1) is 6.04. The van der Waals surface area contributed by atoms with Gasteiger partial charge in [-0.25, -0.2) is 0 Å². The molecular formula is C4H11Mn2NO9S. The van der Waals surface area contributed by atoms with Crippen molar-refractivity contribution in [1.29, 1.82) is 0 Å². The van der Waals surface area contributed by atoms with Gasteiger partial charge in [0.1, 0.15) is 6.04 Å². The Hall–Kier alpha value is -0.231. The number of nitrogens with two attached hydrogens (primary N) is 1. The third-order valence-corrected chi connectivity index (χ3v) is 0.712. The van der Waals surface area contributed by atoms with Crippen LogP contribution in [0.3, 0.4) is 0 Å². The minimum Gasteiger partial charge on any atom is -0.481 e. The molecule has 10 nitrogen and oxygen atoms in total. The van der Waals surface area contributed by atoms with Crippen LogP contribution in [0.5, 0.6) is 0 Å². The fourth-order valence-electron chi connectivity index (χ4n) is 0.275. The van der Waals surface area contributed by atoms with Crippen LogP contribution in [0.25, 0.3) is 0 Å². The smallest absolute Gasteiger partial charge is 0.394 e. The van der Waals surface area contributed by atoms with Gasteiger partial charge in [-0.2, -0.15) is 8.42 Å². The molecule has 13 heteroatoms. The Morgan fingerprint density at radius 1 is 1.12 bits per heavy atom. The molecule has 0 spiro atoms. The Morgan fingerprint density at radius 2 is 1.35 bits per heavy atom. The van der Waals surface area contributed by atoms with Crippen molar-refractivity contribution in [2.24, 2.45) is 5.73 Å². The fraction of sp³-hybridized carbons (Fsp3) is 0.500. The maximum atomic E-state index is 9.85. The first kappa shape index (κ1) is 30.1. The third-order valence-electron chi connectivity index (χ3n) is 0.712. The van der Waals surface area contributed by atoms with Crippen LogP contribution < -0.4 is 5.73 Å². The summed E-state index contributed by atoms with van der Waals surface area (Å²) in [4.78, 5) is 19.6. The topological polar surface area (TPSA) is 207 Å². The summed E-state index contributed by atoms with van der Waals surface area (Å²) < 4.78 is 31.6. The molecule has 0 aliphatic carbocycles. The zero-order chi connectivity index (χ0) is 11.9. The van der Waals surface area contributed by atoms with Crippen LogP contribution in [0.2, 0.25) is 0 Å². The maximum Gasteiger partial charge on any atom is 0.394 e. The van der Waals surface area contributed by atoms with Gasteiger partial charge in [0, 0.05) is 34.1 Å². The average Bonchev–Trinajstić information content (AvgIpc) is 1.80. The zero-order valence-electron chi connectivity index (χ0n) is 7.95. The number of carbonyl (C=O) groups is 2. The summed E-state index contributed by atoms with van der Waals surface area (Å²) in [5.74, 6) is -2.50. The van der Waals surface area contributed by atoms with Crippen LogP contribution >= 0.6 is 0 Å². The Balaban J connectivity index is -0.0000000533. The van der Waals surface area contributed by atoms with Crippen molar-refractivity contribution in [1.82, 2.24) is 0 Å². The van der Waals surface area contributed by atoms with E-state index >= 15 is 0 Å². The summed E-state index contributed by atoms with van der Waals surface area (Å²) in [6.07, 6.45) is -0.532. The van der Waals surface area contributed by atoms with Gasteiger partial charge >= 0.3 is 22.3 Å². The van der Waals surface area contributed by atoms with E-state index in [1.807, 2.05) is 0 Å². The molecule has 0 unspecified atom stereocenters. The van der Waals surface area contributed by atoms with Gasteiger partial charge in [-0.3, -0.25) is 18.7 Å². The van der Waals surface area contributed by atoms with Crippen LogP contribution in [0.1, 0.15) is 6.42 Å². The van der Waals surface area contributed by atoms with Gasteiger partial charge in [0.2, 0.25) is 0 Å². The number of carboxylic acids is 2. The normalized spacial score (nSPS) is 10.1. The van der Waals surface area contributed by atoms with Gasteiger partial charge in [0.25, 0.3) is 0 Å². The van der Waals surface area contributed by atoms with E-state index in [0.29, 0.717) is 0 Å². The van der Waals surface area contributed by atoms with Gasteiger partial charge in [0.05, 0.1) is 6.42 Å². The largest absolute Gasteiger partial charge is 0.481 e. The molecule has 0 aliphatic heterocycles. The van der Waals surface area contributed by atoms with E-state index < -0.39 is 34.8 Å². The SMILES string of the molecule is N[C@@H](CC(=O)O)C(=O)O.O.O=S(=O)(O)O.[Mn].[Mn]. The van der Waals surface area contributed by atoms with Gasteiger partial charge in [0.15, 0.2) is 0 Å². The second-order valence-electron chi connectivity index (χ2n) is 1.99. The molecule has 0 fully saturated rings. The average molecular weight is 359 g/mol. The summed E-state index contributed by atoms with van der Waals surface area (Å²) in [6, 6.07) is -1.29. The Labute approximate surface area is 117 Å². The number of rotatable bonds is 3. The van der Waals surface area contributed by atoms with Crippen molar-refractivity contribution in [3.8, 4) is 0 Å². The van der Waals surface area contributed by atoms with E-state index in [1.165, 1.54) is 0 Å². The molecule has 2 radical (unpaired) electrons. The second kappa shape index (κ2) is 13.8. The van der Waals surface area contributed by atoms with Crippen molar-refractivity contribution in [2.75, 3.05) is 0 Å². The molecular weight excluding hydrogens is 348 g/mol. The molecule has 0 aliphatic rings. The van der Waals surface area contributed by atoms with Crippen molar-refractivity contribution in [2.45, 2.75) is 12.5 Å². The molecule has 0 saturated heterocycles. The van der Waals surface area contributed by atoms with E-state index in [1.54, 1.807) is 0 Å². The van der Waals surface area contributed by atoms with Gasteiger partial charge in [-0.1, -0.05) is 0 Å². The number of aliphatic carboxylic acids is 2. The molecule has 0 amide bonds. The molecule has 0 heterocycles. The summed E-state index contributed by atoms with van der Waals surface area (Å²) in [5.41, 5.74) is 4.84. The third kappa shape index (κ3) is 49.5. The summed E-state index contributed by atoms with van der Waals surface area (Å²) >= 11 is 0. The Kier molecular flexibility index (Phi) is 24.5. The predicted octanol–water partition coefficient (Wildman–Crippen LogP) is -2.61.